The van der Waals surface area contributed by atoms with Gasteiger partial charge in [-0.05, 0) is 37.7 Å². The fourth-order valence-corrected chi connectivity index (χ4v) is 4.15. The number of likely N-dealkylation sites (tertiary alicyclic amines) is 1. The predicted octanol–water partition coefficient (Wildman–Crippen LogP) is 1.98. The first-order valence-electron chi connectivity index (χ1n) is 11.0. The summed E-state index contributed by atoms with van der Waals surface area (Å²) >= 11 is 0. The zero-order valence-corrected chi connectivity index (χ0v) is 18.5. The molecule has 4 N–H and O–H groups in total. The molecule has 2 fully saturated rings. The number of ether oxygens (including phenoxy) is 2. The highest BCUT2D eigenvalue weighted by Crippen LogP contribution is 2.28. The van der Waals surface area contributed by atoms with Gasteiger partial charge in [0.05, 0.1) is 11.8 Å². The van der Waals surface area contributed by atoms with Gasteiger partial charge in [-0.2, -0.15) is 0 Å². The van der Waals surface area contributed by atoms with Gasteiger partial charge < -0.3 is 30.7 Å². The largest absolute Gasteiger partial charge is 0.443 e. The Labute approximate surface area is 187 Å². The Morgan fingerprint density at radius 2 is 1.81 bits per heavy atom. The Bertz CT molecular complexity index is 830. The molecule has 0 aliphatic carbocycles. The zero-order valence-electron chi connectivity index (χ0n) is 18.5. The molecule has 9 nitrogen and oxygen atoms in total. The molecule has 1 aromatic rings. The van der Waals surface area contributed by atoms with E-state index in [0.29, 0.717) is 18.2 Å². The van der Waals surface area contributed by atoms with Crippen LogP contribution in [0, 0.1) is 11.7 Å². The molecule has 0 bridgehead atoms. The fraction of sp³-hybridized carbons (Fsp3) is 0.591. The Kier molecular flexibility index (Phi) is 8.26. The van der Waals surface area contributed by atoms with E-state index >= 15 is 0 Å². The van der Waals surface area contributed by atoms with Crippen molar-refractivity contribution in [3.05, 3.63) is 29.6 Å². The Hall–Kier alpha value is -2.88. The van der Waals surface area contributed by atoms with Crippen LogP contribution in [-0.4, -0.2) is 61.7 Å². The van der Waals surface area contributed by atoms with Crippen LogP contribution in [0.1, 0.15) is 38.2 Å². The maximum atomic E-state index is 15.0. The summed E-state index contributed by atoms with van der Waals surface area (Å²) in [5, 5.41) is 0. The van der Waals surface area contributed by atoms with Crippen LogP contribution in [0.4, 0.5) is 14.9 Å². The van der Waals surface area contributed by atoms with Crippen LogP contribution in [0.5, 0.6) is 0 Å². The van der Waals surface area contributed by atoms with Gasteiger partial charge in [0.1, 0.15) is 6.61 Å². The number of piperidine rings is 2. The summed E-state index contributed by atoms with van der Waals surface area (Å²) in [4.78, 5) is 30.0. The normalized spacial score (nSPS) is 17.8. The lowest BCUT2D eigenvalue weighted by Gasteiger charge is -2.36. The first-order valence-corrected chi connectivity index (χ1v) is 11.0. The molecule has 3 rings (SSSR count). The summed E-state index contributed by atoms with van der Waals surface area (Å²) in [7, 11) is 0. The van der Waals surface area contributed by atoms with Crippen LogP contribution >= 0.6 is 0 Å². The minimum absolute atomic E-state index is 0.124. The highest BCUT2D eigenvalue weighted by molar-refractivity contribution is 5.87. The first-order chi connectivity index (χ1) is 15.3. The molecule has 32 heavy (non-hydrogen) atoms. The topological polar surface area (TPSA) is 123 Å². The number of carbonyl (C=O) groups excluding carboxylic acids is 2. The lowest BCUT2D eigenvalue weighted by Crippen LogP contribution is -2.41. The molecule has 10 heteroatoms. The van der Waals surface area contributed by atoms with E-state index in [1.165, 1.54) is 0 Å². The van der Waals surface area contributed by atoms with Gasteiger partial charge in [-0.15, -0.1) is 4.99 Å². The second-order valence-electron chi connectivity index (χ2n) is 8.31. The van der Waals surface area contributed by atoms with Gasteiger partial charge >= 0.3 is 6.09 Å². The minimum atomic E-state index is -0.956. The summed E-state index contributed by atoms with van der Waals surface area (Å²) in [6, 6.07) is 5.04. The van der Waals surface area contributed by atoms with Gasteiger partial charge in [-0.25, -0.2) is 9.18 Å². The van der Waals surface area contributed by atoms with Crippen molar-refractivity contribution in [1.82, 2.24) is 4.90 Å². The zero-order chi connectivity index (χ0) is 23.1. The van der Waals surface area contributed by atoms with Crippen molar-refractivity contribution in [2.75, 3.05) is 37.7 Å². The third-order valence-electron chi connectivity index (χ3n) is 6.04. The Balaban J connectivity index is 1.45. The molecule has 0 spiro atoms. The second-order valence-corrected chi connectivity index (χ2v) is 8.31. The number of hydrogen-bond donors (Lipinski definition) is 2. The van der Waals surface area contributed by atoms with Crippen LogP contribution in [0.25, 0.3) is 0 Å². The molecule has 2 saturated heterocycles. The summed E-state index contributed by atoms with van der Waals surface area (Å²) in [5.41, 5.74) is 11.0. The molecule has 2 amide bonds. The van der Waals surface area contributed by atoms with Gasteiger partial charge in [0.15, 0.2) is 11.8 Å². The van der Waals surface area contributed by atoms with Gasteiger partial charge in [-0.3, -0.25) is 4.79 Å². The number of nitrogens with zero attached hydrogens (tertiary/aromatic N) is 3. The lowest BCUT2D eigenvalue weighted by atomic mass is 9.96. The average molecular weight is 450 g/mol. The molecule has 0 saturated carbocycles. The summed E-state index contributed by atoms with van der Waals surface area (Å²) < 4.78 is 26.0. The maximum Gasteiger partial charge on any atom is 0.437 e. The Morgan fingerprint density at radius 3 is 2.44 bits per heavy atom. The van der Waals surface area contributed by atoms with Crippen molar-refractivity contribution in [1.29, 1.82) is 0 Å². The molecular weight excluding hydrogens is 417 g/mol. The average Bonchev–Trinajstić information content (AvgIpc) is 2.77. The van der Waals surface area contributed by atoms with Gasteiger partial charge in [0, 0.05) is 45.3 Å². The number of carbonyl (C=O) groups is 2. The number of hydrogen-bond acceptors (Lipinski definition) is 5. The molecular formula is C22H32FN5O4. The smallest absolute Gasteiger partial charge is 0.437 e. The highest BCUT2D eigenvalue weighted by atomic mass is 19.1. The second kappa shape index (κ2) is 11.1. The third-order valence-corrected chi connectivity index (χ3v) is 6.04. The predicted molar refractivity (Wildman–Crippen MR) is 119 cm³/mol. The van der Waals surface area contributed by atoms with E-state index in [2.05, 4.69) is 4.99 Å². The van der Waals surface area contributed by atoms with E-state index in [1.807, 2.05) is 9.80 Å². The number of benzene rings is 1. The van der Waals surface area contributed by atoms with Crippen LogP contribution in [0.2, 0.25) is 0 Å². The van der Waals surface area contributed by atoms with E-state index in [-0.39, 0.29) is 24.2 Å². The number of guanidine groups is 1. The monoisotopic (exact) mass is 449 g/mol. The van der Waals surface area contributed by atoms with E-state index in [4.69, 9.17) is 20.9 Å². The number of amides is 2. The molecule has 1 aromatic carbocycles. The van der Waals surface area contributed by atoms with Crippen molar-refractivity contribution in [2.45, 2.75) is 45.3 Å². The maximum absolute atomic E-state index is 15.0. The van der Waals surface area contributed by atoms with E-state index in [0.717, 1.165) is 51.9 Å². The lowest BCUT2D eigenvalue weighted by molar-refractivity contribution is -0.131. The molecule has 0 aromatic heterocycles. The molecule has 0 atom stereocenters. The van der Waals surface area contributed by atoms with Crippen LogP contribution in [0.3, 0.4) is 0 Å². The summed E-state index contributed by atoms with van der Waals surface area (Å²) in [6.45, 7) is 5.03. The highest BCUT2D eigenvalue weighted by Gasteiger charge is 2.25. The van der Waals surface area contributed by atoms with Gasteiger partial charge in [0.2, 0.25) is 5.91 Å². The number of nitrogens with two attached hydrogens (primary N) is 2. The molecule has 2 aliphatic rings. The quantitative estimate of drug-likeness (QED) is 0.503. The number of rotatable bonds is 6. The van der Waals surface area contributed by atoms with E-state index in [1.54, 1.807) is 25.1 Å². The number of anilines is 1. The van der Waals surface area contributed by atoms with Crippen molar-refractivity contribution >= 4 is 23.6 Å². The van der Waals surface area contributed by atoms with Gasteiger partial charge in [-0.1, -0.05) is 12.1 Å². The summed E-state index contributed by atoms with van der Waals surface area (Å²) in [5.74, 6) is -0.252. The van der Waals surface area contributed by atoms with Gasteiger partial charge in [0.25, 0.3) is 0 Å². The molecule has 0 unspecified atom stereocenters. The van der Waals surface area contributed by atoms with E-state index in [9.17, 15) is 14.0 Å². The van der Waals surface area contributed by atoms with Crippen LogP contribution < -0.4 is 16.4 Å². The summed E-state index contributed by atoms with van der Waals surface area (Å²) in [6.07, 6.45) is 2.83. The Morgan fingerprint density at radius 1 is 1.12 bits per heavy atom. The molecule has 0 radical (unpaired) electrons. The SMILES string of the molecule is CC(=O)N1CCC(OCC2CCN(c3cccc(COC(=O)N=C(N)N)c3F)CC2)CC1. The van der Waals surface area contributed by atoms with Crippen LogP contribution in [0.15, 0.2) is 23.2 Å². The minimum Gasteiger partial charge on any atom is -0.443 e. The van der Waals surface area contributed by atoms with E-state index < -0.39 is 17.9 Å². The number of halogens is 1. The van der Waals surface area contributed by atoms with Crippen molar-refractivity contribution in [2.24, 2.45) is 22.4 Å². The van der Waals surface area contributed by atoms with Crippen molar-refractivity contribution < 1.29 is 23.5 Å². The third kappa shape index (κ3) is 6.56. The van der Waals surface area contributed by atoms with Crippen LogP contribution in [-0.2, 0) is 20.9 Å². The fourth-order valence-electron chi connectivity index (χ4n) is 4.15. The molecule has 176 valence electrons. The van der Waals surface area contributed by atoms with Crippen molar-refractivity contribution in [3.63, 3.8) is 0 Å². The standard InChI is InChI=1S/C22H32FN5O4/c1-15(29)27-11-7-18(8-12-27)31-13-16-5-9-28(10-6-16)19-4-2-3-17(20(19)23)14-32-22(30)26-21(24)25/h2-4,16,18H,5-14H2,1H3,(H4,24,25,26,30). The van der Waals surface area contributed by atoms with Crippen molar-refractivity contribution in [3.8, 4) is 0 Å². The molecule has 2 aliphatic heterocycles. The number of aliphatic imine (C=N–C) groups is 1. The first kappa shape index (κ1) is 23.8. The molecule has 2 heterocycles.